The summed E-state index contributed by atoms with van der Waals surface area (Å²) >= 11 is 0. The predicted octanol–water partition coefficient (Wildman–Crippen LogP) is 2.29. The predicted molar refractivity (Wildman–Crippen MR) is 79.2 cm³/mol. The summed E-state index contributed by atoms with van der Waals surface area (Å²) in [6, 6.07) is 6.28. The van der Waals surface area contributed by atoms with Gasteiger partial charge in [0.2, 0.25) is 0 Å². The van der Waals surface area contributed by atoms with Gasteiger partial charge in [-0.15, -0.1) is 0 Å². The average Bonchev–Trinajstić information content (AvgIpc) is 2.83. The summed E-state index contributed by atoms with van der Waals surface area (Å²) < 4.78 is 5.66. The molecule has 1 saturated heterocycles. The number of aromatic hydroxyl groups is 1. The molecule has 3 rings (SSSR count). The van der Waals surface area contributed by atoms with Crippen LogP contribution in [0.2, 0.25) is 0 Å². The highest BCUT2D eigenvalue weighted by Crippen LogP contribution is 2.35. The number of hydrogen-bond acceptors (Lipinski definition) is 4. The lowest BCUT2D eigenvalue weighted by molar-refractivity contribution is 0.185. The molecule has 0 aliphatic carbocycles. The van der Waals surface area contributed by atoms with E-state index in [1.54, 1.807) is 12.1 Å². The van der Waals surface area contributed by atoms with Crippen LogP contribution in [0.5, 0.6) is 11.5 Å². The molecule has 0 amide bonds. The largest absolute Gasteiger partial charge is 0.508 e. The van der Waals surface area contributed by atoms with Gasteiger partial charge in [0.1, 0.15) is 18.1 Å². The lowest BCUT2D eigenvalue weighted by Gasteiger charge is -2.33. The minimum Gasteiger partial charge on any atom is -0.508 e. The SMILES string of the molecule is CCCN1CCC(NC2COc3cc(O)ccc32)CC1. The number of nitrogens with one attached hydrogen (secondary N) is 1. The first kappa shape index (κ1) is 13.7. The lowest BCUT2D eigenvalue weighted by atomic mass is 10.0. The molecule has 20 heavy (non-hydrogen) atoms. The van der Waals surface area contributed by atoms with Crippen molar-refractivity contribution < 1.29 is 9.84 Å². The van der Waals surface area contributed by atoms with Gasteiger partial charge in [0.05, 0.1) is 6.04 Å². The molecule has 0 bridgehead atoms. The number of piperidine rings is 1. The zero-order chi connectivity index (χ0) is 13.9. The molecule has 1 aromatic rings. The molecule has 2 N–H and O–H groups in total. The van der Waals surface area contributed by atoms with Crippen molar-refractivity contribution in [3.8, 4) is 11.5 Å². The van der Waals surface area contributed by atoms with Gasteiger partial charge in [0, 0.05) is 17.7 Å². The lowest BCUT2D eigenvalue weighted by Crippen LogP contribution is -2.44. The molecule has 0 radical (unpaired) electrons. The van der Waals surface area contributed by atoms with Crippen LogP contribution < -0.4 is 10.1 Å². The summed E-state index contributed by atoms with van der Waals surface area (Å²) in [4.78, 5) is 2.55. The van der Waals surface area contributed by atoms with Crippen LogP contribution in [0.25, 0.3) is 0 Å². The Balaban J connectivity index is 1.56. The van der Waals surface area contributed by atoms with E-state index in [1.807, 2.05) is 6.07 Å². The zero-order valence-corrected chi connectivity index (χ0v) is 12.1. The monoisotopic (exact) mass is 276 g/mol. The number of phenols is 1. The molecule has 4 nitrogen and oxygen atoms in total. The first-order valence-electron chi connectivity index (χ1n) is 7.70. The van der Waals surface area contributed by atoms with Crippen molar-refractivity contribution in [2.24, 2.45) is 0 Å². The molecule has 1 atom stereocenters. The minimum atomic E-state index is 0.272. The summed E-state index contributed by atoms with van der Waals surface area (Å²) in [5.41, 5.74) is 1.18. The maximum atomic E-state index is 9.48. The average molecular weight is 276 g/mol. The number of phenolic OH excluding ortho intramolecular Hbond substituents is 1. The second-order valence-corrected chi connectivity index (χ2v) is 5.87. The summed E-state index contributed by atoms with van der Waals surface area (Å²) in [7, 11) is 0. The molecule has 1 unspecified atom stereocenters. The zero-order valence-electron chi connectivity index (χ0n) is 12.1. The Kier molecular flexibility index (Phi) is 4.13. The van der Waals surface area contributed by atoms with Crippen LogP contribution in [0.1, 0.15) is 37.8 Å². The van der Waals surface area contributed by atoms with E-state index < -0.39 is 0 Å². The van der Waals surface area contributed by atoms with Crippen molar-refractivity contribution in [3.05, 3.63) is 23.8 Å². The van der Waals surface area contributed by atoms with Crippen molar-refractivity contribution in [1.82, 2.24) is 10.2 Å². The molecular weight excluding hydrogens is 252 g/mol. The molecule has 2 aliphatic rings. The Morgan fingerprint density at radius 3 is 2.90 bits per heavy atom. The molecule has 1 aromatic carbocycles. The van der Waals surface area contributed by atoms with Crippen molar-refractivity contribution in [2.45, 2.75) is 38.3 Å². The maximum Gasteiger partial charge on any atom is 0.127 e. The Labute approximate surface area is 120 Å². The third-order valence-corrected chi connectivity index (χ3v) is 4.34. The van der Waals surface area contributed by atoms with E-state index in [2.05, 4.69) is 17.1 Å². The summed E-state index contributed by atoms with van der Waals surface area (Å²) in [6.07, 6.45) is 3.67. The quantitative estimate of drug-likeness (QED) is 0.885. The van der Waals surface area contributed by atoms with Crippen molar-refractivity contribution in [3.63, 3.8) is 0 Å². The van der Waals surface area contributed by atoms with E-state index in [0.29, 0.717) is 12.6 Å². The Morgan fingerprint density at radius 2 is 2.15 bits per heavy atom. The molecule has 4 heteroatoms. The Morgan fingerprint density at radius 1 is 1.35 bits per heavy atom. The van der Waals surface area contributed by atoms with E-state index in [1.165, 1.54) is 44.5 Å². The number of likely N-dealkylation sites (tertiary alicyclic amines) is 1. The first-order chi connectivity index (χ1) is 9.76. The Bertz CT molecular complexity index is 456. The number of rotatable bonds is 4. The standard InChI is InChI=1S/C16H24N2O2/c1-2-7-18-8-5-12(6-9-18)17-15-11-20-16-10-13(19)3-4-14(15)16/h3-4,10,12,15,17,19H,2,5-9,11H2,1H3. The van der Waals surface area contributed by atoms with Gasteiger partial charge in [0.15, 0.2) is 0 Å². The number of hydrogen-bond donors (Lipinski definition) is 2. The van der Waals surface area contributed by atoms with Gasteiger partial charge in [0.25, 0.3) is 0 Å². The topological polar surface area (TPSA) is 44.7 Å². The molecule has 0 aromatic heterocycles. The molecule has 2 heterocycles. The van der Waals surface area contributed by atoms with Crippen LogP contribution in [0.15, 0.2) is 18.2 Å². The number of benzene rings is 1. The third kappa shape index (κ3) is 2.91. The van der Waals surface area contributed by atoms with Crippen LogP contribution in [-0.2, 0) is 0 Å². The summed E-state index contributed by atoms with van der Waals surface area (Å²) in [5, 5.41) is 13.2. The van der Waals surface area contributed by atoms with E-state index in [4.69, 9.17) is 4.74 Å². The second kappa shape index (κ2) is 6.02. The van der Waals surface area contributed by atoms with Gasteiger partial charge < -0.3 is 20.1 Å². The summed E-state index contributed by atoms with van der Waals surface area (Å²) in [5.74, 6) is 1.10. The van der Waals surface area contributed by atoms with Gasteiger partial charge in [-0.05, 0) is 51.0 Å². The fourth-order valence-corrected chi connectivity index (χ4v) is 3.26. The van der Waals surface area contributed by atoms with Crippen LogP contribution in [0, 0.1) is 0 Å². The fourth-order valence-electron chi connectivity index (χ4n) is 3.26. The van der Waals surface area contributed by atoms with E-state index in [-0.39, 0.29) is 11.8 Å². The van der Waals surface area contributed by atoms with E-state index in [0.717, 1.165) is 5.75 Å². The molecule has 1 fully saturated rings. The highest BCUT2D eigenvalue weighted by Gasteiger charge is 2.28. The third-order valence-electron chi connectivity index (χ3n) is 4.34. The highest BCUT2D eigenvalue weighted by atomic mass is 16.5. The molecule has 0 saturated carbocycles. The van der Waals surface area contributed by atoms with Gasteiger partial charge >= 0.3 is 0 Å². The van der Waals surface area contributed by atoms with Gasteiger partial charge in [-0.3, -0.25) is 0 Å². The first-order valence-corrected chi connectivity index (χ1v) is 7.70. The van der Waals surface area contributed by atoms with Gasteiger partial charge in [-0.2, -0.15) is 0 Å². The second-order valence-electron chi connectivity index (χ2n) is 5.87. The number of nitrogens with zero attached hydrogens (tertiary/aromatic N) is 1. The highest BCUT2D eigenvalue weighted by molar-refractivity contribution is 5.44. The normalized spacial score (nSPS) is 23.6. The summed E-state index contributed by atoms with van der Waals surface area (Å²) in [6.45, 7) is 6.53. The van der Waals surface area contributed by atoms with Crippen molar-refractivity contribution in [1.29, 1.82) is 0 Å². The van der Waals surface area contributed by atoms with Crippen LogP contribution in [0.3, 0.4) is 0 Å². The van der Waals surface area contributed by atoms with Crippen molar-refractivity contribution in [2.75, 3.05) is 26.2 Å². The maximum absolute atomic E-state index is 9.48. The van der Waals surface area contributed by atoms with E-state index in [9.17, 15) is 5.11 Å². The number of fused-ring (bicyclic) bond motifs is 1. The van der Waals surface area contributed by atoms with Crippen molar-refractivity contribution >= 4 is 0 Å². The molecule has 110 valence electrons. The fraction of sp³-hybridized carbons (Fsp3) is 0.625. The molecule has 0 spiro atoms. The van der Waals surface area contributed by atoms with Gasteiger partial charge in [-0.25, -0.2) is 0 Å². The van der Waals surface area contributed by atoms with E-state index >= 15 is 0 Å². The van der Waals surface area contributed by atoms with Gasteiger partial charge in [-0.1, -0.05) is 6.92 Å². The van der Waals surface area contributed by atoms with Crippen LogP contribution >= 0.6 is 0 Å². The number of ether oxygens (including phenoxy) is 1. The van der Waals surface area contributed by atoms with Crippen LogP contribution in [-0.4, -0.2) is 42.3 Å². The smallest absolute Gasteiger partial charge is 0.127 e. The molecule has 2 aliphatic heterocycles. The van der Waals surface area contributed by atoms with Crippen LogP contribution in [0.4, 0.5) is 0 Å². The molecular formula is C16H24N2O2. The Hall–Kier alpha value is -1.26. The minimum absolute atomic E-state index is 0.272.